The Kier molecular flexibility index (Phi) is 3.17. The zero-order valence-electron chi connectivity index (χ0n) is 8.50. The molecule has 84 valence electrons. The predicted octanol–water partition coefficient (Wildman–Crippen LogP) is 2.25. The Bertz CT molecular complexity index is 501. The van der Waals surface area contributed by atoms with Gasteiger partial charge in [-0.25, -0.2) is 4.39 Å². The highest BCUT2D eigenvalue weighted by Crippen LogP contribution is 2.23. The minimum atomic E-state index is -0.472. The van der Waals surface area contributed by atoms with Crippen molar-refractivity contribution in [3.63, 3.8) is 0 Å². The molecule has 0 radical (unpaired) electrons. The van der Waals surface area contributed by atoms with E-state index in [0.717, 1.165) is 0 Å². The van der Waals surface area contributed by atoms with E-state index in [-0.39, 0.29) is 5.02 Å². The summed E-state index contributed by atoms with van der Waals surface area (Å²) >= 11 is 5.65. The number of aromatic nitrogens is 2. The van der Waals surface area contributed by atoms with E-state index in [4.69, 9.17) is 16.0 Å². The molecule has 0 saturated heterocycles. The molecule has 0 saturated carbocycles. The van der Waals surface area contributed by atoms with Gasteiger partial charge < -0.3 is 9.73 Å². The van der Waals surface area contributed by atoms with E-state index < -0.39 is 5.82 Å². The minimum Gasteiger partial charge on any atom is -0.419 e. The Balaban J connectivity index is 2.31. The average molecular weight is 242 g/mol. The molecule has 4 nitrogen and oxygen atoms in total. The SMILES string of the molecule is CNCc1nnc(-c2ccc(F)c(Cl)c2)o1. The van der Waals surface area contributed by atoms with Crippen LogP contribution in [0.15, 0.2) is 22.6 Å². The van der Waals surface area contributed by atoms with Gasteiger partial charge in [-0.3, -0.25) is 0 Å². The van der Waals surface area contributed by atoms with Gasteiger partial charge in [0.25, 0.3) is 0 Å². The molecule has 0 bridgehead atoms. The molecule has 6 heteroatoms. The lowest BCUT2D eigenvalue weighted by molar-refractivity contribution is 0.490. The fourth-order valence-corrected chi connectivity index (χ4v) is 1.40. The quantitative estimate of drug-likeness (QED) is 0.896. The molecule has 0 aliphatic rings. The molecule has 0 atom stereocenters. The number of nitrogens with zero attached hydrogens (tertiary/aromatic N) is 2. The third-order valence-corrected chi connectivity index (χ3v) is 2.25. The summed E-state index contributed by atoms with van der Waals surface area (Å²) in [5.41, 5.74) is 0.598. The Morgan fingerprint density at radius 3 is 2.94 bits per heavy atom. The van der Waals surface area contributed by atoms with Gasteiger partial charge in [-0.2, -0.15) is 0 Å². The first-order valence-corrected chi connectivity index (χ1v) is 5.01. The Labute approximate surface area is 96.4 Å². The second kappa shape index (κ2) is 4.59. The lowest BCUT2D eigenvalue weighted by Gasteiger charge is -1.96. The third-order valence-electron chi connectivity index (χ3n) is 1.96. The molecule has 1 N–H and O–H groups in total. The first kappa shape index (κ1) is 11.0. The van der Waals surface area contributed by atoms with Gasteiger partial charge in [-0.15, -0.1) is 10.2 Å². The third kappa shape index (κ3) is 2.20. The van der Waals surface area contributed by atoms with Gasteiger partial charge in [-0.1, -0.05) is 11.6 Å². The van der Waals surface area contributed by atoms with Gasteiger partial charge in [-0.05, 0) is 25.2 Å². The van der Waals surface area contributed by atoms with Crippen LogP contribution in [-0.4, -0.2) is 17.2 Å². The molecule has 0 spiro atoms. The lowest BCUT2D eigenvalue weighted by Crippen LogP contribution is -2.04. The molecule has 0 unspecified atom stereocenters. The molecule has 0 aliphatic heterocycles. The molecule has 0 aliphatic carbocycles. The fourth-order valence-electron chi connectivity index (χ4n) is 1.22. The number of rotatable bonds is 3. The van der Waals surface area contributed by atoms with Gasteiger partial charge in [0.1, 0.15) is 5.82 Å². The van der Waals surface area contributed by atoms with Crippen LogP contribution in [0.4, 0.5) is 4.39 Å². The van der Waals surface area contributed by atoms with E-state index in [1.165, 1.54) is 18.2 Å². The van der Waals surface area contributed by atoms with Crippen molar-refractivity contribution in [2.45, 2.75) is 6.54 Å². The molecule has 1 aromatic heterocycles. The predicted molar refractivity (Wildman–Crippen MR) is 57.5 cm³/mol. The molecule has 0 amide bonds. The summed E-state index contributed by atoms with van der Waals surface area (Å²) in [6, 6.07) is 4.26. The summed E-state index contributed by atoms with van der Waals surface area (Å²) in [6.07, 6.45) is 0. The van der Waals surface area contributed by atoms with Crippen LogP contribution >= 0.6 is 11.6 Å². The maximum Gasteiger partial charge on any atom is 0.247 e. The van der Waals surface area contributed by atoms with E-state index >= 15 is 0 Å². The van der Waals surface area contributed by atoms with E-state index in [1.54, 1.807) is 7.05 Å². The summed E-state index contributed by atoms with van der Waals surface area (Å²) in [7, 11) is 1.78. The van der Waals surface area contributed by atoms with Crippen molar-refractivity contribution in [3.05, 3.63) is 34.9 Å². The number of halogens is 2. The van der Waals surface area contributed by atoms with Crippen LogP contribution in [0.5, 0.6) is 0 Å². The average Bonchev–Trinajstić information content (AvgIpc) is 2.71. The maximum atomic E-state index is 12.9. The van der Waals surface area contributed by atoms with Gasteiger partial charge >= 0.3 is 0 Å². The molecule has 2 aromatic rings. The van der Waals surface area contributed by atoms with Gasteiger partial charge in [0.2, 0.25) is 11.8 Å². The molecule has 1 aromatic carbocycles. The zero-order valence-corrected chi connectivity index (χ0v) is 9.25. The minimum absolute atomic E-state index is 0.0332. The smallest absolute Gasteiger partial charge is 0.247 e. The van der Waals surface area contributed by atoms with Crippen LogP contribution in [0.25, 0.3) is 11.5 Å². The second-order valence-electron chi connectivity index (χ2n) is 3.16. The second-order valence-corrected chi connectivity index (χ2v) is 3.57. The van der Waals surface area contributed by atoms with Crippen LogP contribution in [0.3, 0.4) is 0 Å². The summed E-state index contributed by atoms with van der Waals surface area (Å²) in [4.78, 5) is 0. The number of benzene rings is 1. The highest BCUT2D eigenvalue weighted by Gasteiger charge is 2.09. The van der Waals surface area contributed by atoms with E-state index in [1.807, 2.05) is 0 Å². The van der Waals surface area contributed by atoms with Crippen molar-refractivity contribution in [1.82, 2.24) is 15.5 Å². The van der Waals surface area contributed by atoms with Crippen molar-refractivity contribution >= 4 is 11.6 Å². The van der Waals surface area contributed by atoms with Crippen LogP contribution < -0.4 is 5.32 Å². The largest absolute Gasteiger partial charge is 0.419 e. The number of hydrogen-bond donors (Lipinski definition) is 1. The molecule has 2 rings (SSSR count). The standard InChI is InChI=1S/C10H9ClFN3O/c1-13-5-9-14-15-10(16-9)6-2-3-8(12)7(11)4-6/h2-4,13H,5H2,1H3. The zero-order chi connectivity index (χ0) is 11.5. The maximum absolute atomic E-state index is 12.9. The summed E-state index contributed by atoms with van der Waals surface area (Å²) in [5.74, 6) is 0.325. The first-order chi connectivity index (χ1) is 7.70. The molecule has 16 heavy (non-hydrogen) atoms. The molecule has 1 heterocycles. The summed E-state index contributed by atoms with van der Waals surface area (Å²) in [6.45, 7) is 0.488. The monoisotopic (exact) mass is 241 g/mol. The summed E-state index contributed by atoms with van der Waals surface area (Å²) in [5, 5.41) is 10.6. The molecule has 0 fully saturated rings. The van der Waals surface area contributed by atoms with Crippen LogP contribution in [0.2, 0.25) is 5.02 Å². The van der Waals surface area contributed by atoms with Crippen molar-refractivity contribution in [3.8, 4) is 11.5 Å². The van der Waals surface area contributed by atoms with E-state index in [0.29, 0.717) is 23.9 Å². The Morgan fingerprint density at radius 1 is 1.44 bits per heavy atom. The number of nitrogens with one attached hydrogen (secondary N) is 1. The van der Waals surface area contributed by atoms with Gasteiger partial charge in [0.15, 0.2) is 0 Å². The van der Waals surface area contributed by atoms with Gasteiger partial charge in [0, 0.05) is 5.56 Å². The van der Waals surface area contributed by atoms with Crippen molar-refractivity contribution in [2.75, 3.05) is 7.05 Å². The van der Waals surface area contributed by atoms with Crippen molar-refractivity contribution in [2.24, 2.45) is 0 Å². The number of hydrogen-bond acceptors (Lipinski definition) is 4. The van der Waals surface area contributed by atoms with Crippen molar-refractivity contribution in [1.29, 1.82) is 0 Å². The van der Waals surface area contributed by atoms with Gasteiger partial charge in [0.05, 0.1) is 11.6 Å². The fraction of sp³-hybridized carbons (Fsp3) is 0.200. The van der Waals surface area contributed by atoms with E-state index in [2.05, 4.69) is 15.5 Å². The van der Waals surface area contributed by atoms with E-state index in [9.17, 15) is 4.39 Å². The Hall–Kier alpha value is -1.46. The molecular weight excluding hydrogens is 233 g/mol. The van der Waals surface area contributed by atoms with Crippen LogP contribution in [0, 0.1) is 5.82 Å². The highest BCUT2D eigenvalue weighted by molar-refractivity contribution is 6.31. The van der Waals surface area contributed by atoms with Crippen LogP contribution in [-0.2, 0) is 6.54 Å². The topological polar surface area (TPSA) is 51.0 Å². The summed E-state index contributed by atoms with van der Waals surface area (Å²) < 4.78 is 18.3. The van der Waals surface area contributed by atoms with Crippen molar-refractivity contribution < 1.29 is 8.81 Å². The normalized spacial score (nSPS) is 10.7. The Morgan fingerprint density at radius 2 is 2.25 bits per heavy atom. The molecular formula is C10H9ClFN3O. The highest BCUT2D eigenvalue weighted by atomic mass is 35.5. The van der Waals surface area contributed by atoms with Crippen LogP contribution in [0.1, 0.15) is 5.89 Å². The lowest BCUT2D eigenvalue weighted by atomic mass is 10.2. The first-order valence-electron chi connectivity index (χ1n) is 4.63.